The van der Waals surface area contributed by atoms with E-state index in [-0.39, 0.29) is 11.6 Å². The van der Waals surface area contributed by atoms with Crippen molar-refractivity contribution in [1.29, 1.82) is 0 Å². The minimum Gasteiger partial charge on any atom is -0.494 e. The number of amides is 1. The Hall–Kier alpha value is -2.89. The van der Waals surface area contributed by atoms with Crippen LogP contribution in [0.2, 0.25) is 0 Å². The number of hydrogen-bond acceptors (Lipinski definition) is 4. The van der Waals surface area contributed by atoms with Crippen molar-refractivity contribution in [2.45, 2.75) is 19.8 Å². The van der Waals surface area contributed by atoms with E-state index in [1.165, 1.54) is 18.2 Å². The Labute approximate surface area is 140 Å². The summed E-state index contributed by atoms with van der Waals surface area (Å²) >= 11 is 0. The van der Waals surface area contributed by atoms with E-state index in [1.807, 2.05) is 31.2 Å². The van der Waals surface area contributed by atoms with Crippen molar-refractivity contribution in [1.82, 2.24) is 5.32 Å². The van der Waals surface area contributed by atoms with Crippen LogP contribution in [0.1, 0.15) is 29.3 Å². The lowest BCUT2D eigenvalue weighted by molar-refractivity contribution is -0.384. The molecule has 0 radical (unpaired) electrons. The Balaban J connectivity index is 1.85. The molecule has 6 nitrogen and oxygen atoms in total. The average molecular weight is 328 g/mol. The monoisotopic (exact) mass is 328 g/mol. The van der Waals surface area contributed by atoms with Gasteiger partial charge in [0.25, 0.3) is 11.6 Å². The van der Waals surface area contributed by atoms with Crippen LogP contribution >= 0.6 is 0 Å². The minimum absolute atomic E-state index is 0.0895. The number of carbonyl (C=O) groups excluding carboxylic acids is 1. The fourth-order valence-electron chi connectivity index (χ4n) is 2.35. The Morgan fingerprint density at radius 1 is 1.21 bits per heavy atom. The van der Waals surface area contributed by atoms with E-state index in [0.717, 1.165) is 24.2 Å². The molecule has 2 aromatic rings. The number of benzene rings is 2. The molecule has 0 unspecified atom stereocenters. The molecule has 0 saturated heterocycles. The molecule has 1 amide bonds. The third-order valence-electron chi connectivity index (χ3n) is 3.50. The standard InChI is InChI=1S/C18H20N2O4/c1-2-24-17-11-4-3-7-14(17)9-6-12-19-18(21)15-8-5-10-16(13-15)20(22)23/h3-5,7-8,10-11,13H,2,6,9,12H2,1H3,(H,19,21). The molecular weight excluding hydrogens is 308 g/mol. The van der Waals surface area contributed by atoms with Gasteiger partial charge in [-0.05, 0) is 37.5 Å². The van der Waals surface area contributed by atoms with Gasteiger partial charge in [-0.3, -0.25) is 14.9 Å². The molecule has 126 valence electrons. The maximum Gasteiger partial charge on any atom is 0.270 e. The summed E-state index contributed by atoms with van der Waals surface area (Å²) in [6.45, 7) is 3.04. The van der Waals surface area contributed by atoms with Crippen LogP contribution in [0, 0.1) is 10.1 Å². The fourth-order valence-corrected chi connectivity index (χ4v) is 2.35. The zero-order chi connectivity index (χ0) is 17.4. The van der Waals surface area contributed by atoms with E-state index in [9.17, 15) is 14.9 Å². The Morgan fingerprint density at radius 3 is 2.75 bits per heavy atom. The van der Waals surface area contributed by atoms with Crippen molar-refractivity contribution >= 4 is 11.6 Å². The van der Waals surface area contributed by atoms with Crippen LogP contribution in [-0.4, -0.2) is 24.0 Å². The number of nitrogens with one attached hydrogen (secondary N) is 1. The molecule has 0 aliphatic heterocycles. The smallest absolute Gasteiger partial charge is 0.270 e. The predicted octanol–water partition coefficient (Wildman–Crippen LogP) is 3.36. The van der Waals surface area contributed by atoms with Gasteiger partial charge in [0.05, 0.1) is 11.5 Å². The summed E-state index contributed by atoms with van der Waals surface area (Å²) in [4.78, 5) is 22.3. The molecule has 0 saturated carbocycles. The first-order chi connectivity index (χ1) is 11.6. The Bertz CT molecular complexity index is 716. The molecule has 24 heavy (non-hydrogen) atoms. The Morgan fingerprint density at radius 2 is 2.00 bits per heavy atom. The molecule has 0 atom stereocenters. The van der Waals surface area contributed by atoms with Gasteiger partial charge in [0.1, 0.15) is 5.75 Å². The lowest BCUT2D eigenvalue weighted by Gasteiger charge is -2.10. The van der Waals surface area contributed by atoms with Gasteiger partial charge >= 0.3 is 0 Å². The first-order valence-electron chi connectivity index (χ1n) is 7.85. The topological polar surface area (TPSA) is 81.5 Å². The second-order valence-corrected chi connectivity index (χ2v) is 5.21. The highest BCUT2D eigenvalue weighted by atomic mass is 16.6. The molecule has 1 N–H and O–H groups in total. The molecule has 0 aliphatic rings. The highest BCUT2D eigenvalue weighted by Crippen LogP contribution is 2.19. The number of rotatable bonds is 8. The number of carbonyl (C=O) groups is 1. The summed E-state index contributed by atoms with van der Waals surface area (Å²) in [6.07, 6.45) is 1.54. The van der Waals surface area contributed by atoms with Crippen molar-refractivity contribution in [3.63, 3.8) is 0 Å². The van der Waals surface area contributed by atoms with Crippen LogP contribution in [-0.2, 0) is 6.42 Å². The second kappa shape index (κ2) is 8.67. The molecule has 6 heteroatoms. The van der Waals surface area contributed by atoms with E-state index < -0.39 is 4.92 Å². The van der Waals surface area contributed by atoms with Crippen LogP contribution in [0.5, 0.6) is 5.75 Å². The van der Waals surface area contributed by atoms with Gasteiger partial charge in [-0.25, -0.2) is 0 Å². The number of hydrogen-bond donors (Lipinski definition) is 1. The molecule has 0 spiro atoms. The number of non-ortho nitro benzene ring substituents is 1. The number of para-hydroxylation sites is 1. The highest BCUT2D eigenvalue weighted by Gasteiger charge is 2.11. The van der Waals surface area contributed by atoms with Gasteiger partial charge in [-0.15, -0.1) is 0 Å². The zero-order valence-electron chi connectivity index (χ0n) is 13.5. The Kier molecular flexibility index (Phi) is 6.31. The number of ether oxygens (including phenoxy) is 1. The SMILES string of the molecule is CCOc1ccccc1CCCNC(=O)c1cccc([N+](=O)[O-])c1. The van der Waals surface area contributed by atoms with E-state index in [4.69, 9.17) is 4.74 Å². The largest absolute Gasteiger partial charge is 0.494 e. The molecule has 0 fully saturated rings. The third kappa shape index (κ3) is 4.81. The normalized spacial score (nSPS) is 10.2. The van der Waals surface area contributed by atoms with Crippen LogP contribution in [0.25, 0.3) is 0 Å². The van der Waals surface area contributed by atoms with E-state index in [0.29, 0.717) is 18.7 Å². The molecule has 0 heterocycles. The summed E-state index contributed by atoms with van der Waals surface area (Å²) in [5.41, 5.74) is 1.30. The number of nitro groups is 1. The first-order valence-corrected chi connectivity index (χ1v) is 7.85. The minimum atomic E-state index is -0.512. The van der Waals surface area contributed by atoms with Gasteiger partial charge in [0, 0.05) is 24.2 Å². The predicted molar refractivity (Wildman–Crippen MR) is 91.4 cm³/mol. The van der Waals surface area contributed by atoms with E-state index in [2.05, 4.69) is 5.32 Å². The number of nitrogens with zero attached hydrogens (tertiary/aromatic N) is 1. The third-order valence-corrected chi connectivity index (χ3v) is 3.50. The lowest BCUT2D eigenvalue weighted by Crippen LogP contribution is -2.24. The molecule has 2 aromatic carbocycles. The summed E-state index contributed by atoms with van der Waals surface area (Å²) in [5.74, 6) is 0.557. The maximum atomic E-state index is 12.0. The molecule has 0 aromatic heterocycles. The van der Waals surface area contributed by atoms with Crippen molar-refractivity contribution < 1.29 is 14.5 Å². The summed E-state index contributed by atoms with van der Waals surface area (Å²) in [6, 6.07) is 13.5. The summed E-state index contributed by atoms with van der Waals surface area (Å²) in [7, 11) is 0. The lowest BCUT2D eigenvalue weighted by atomic mass is 10.1. The van der Waals surface area contributed by atoms with Gasteiger partial charge in [0.2, 0.25) is 0 Å². The zero-order valence-corrected chi connectivity index (χ0v) is 13.5. The second-order valence-electron chi connectivity index (χ2n) is 5.21. The van der Waals surface area contributed by atoms with E-state index in [1.54, 1.807) is 6.07 Å². The van der Waals surface area contributed by atoms with Crippen LogP contribution in [0.3, 0.4) is 0 Å². The fraction of sp³-hybridized carbons (Fsp3) is 0.278. The quantitative estimate of drug-likeness (QED) is 0.458. The maximum absolute atomic E-state index is 12.0. The van der Waals surface area contributed by atoms with Gasteiger partial charge in [-0.1, -0.05) is 24.3 Å². The van der Waals surface area contributed by atoms with Gasteiger partial charge in [0.15, 0.2) is 0 Å². The van der Waals surface area contributed by atoms with Crippen molar-refractivity contribution in [3.05, 3.63) is 69.8 Å². The molecule has 2 rings (SSSR count). The molecular formula is C18H20N2O4. The summed E-state index contributed by atoms with van der Waals surface area (Å²) in [5, 5.41) is 13.5. The number of aryl methyl sites for hydroxylation is 1. The van der Waals surface area contributed by atoms with Gasteiger partial charge in [-0.2, -0.15) is 0 Å². The van der Waals surface area contributed by atoms with Crippen LogP contribution < -0.4 is 10.1 Å². The number of nitro benzene ring substituents is 1. The average Bonchev–Trinajstić information content (AvgIpc) is 2.60. The molecule has 0 aliphatic carbocycles. The van der Waals surface area contributed by atoms with Crippen LogP contribution in [0.15, 0.2) is 48.5 Å². The van der Waals surface area contributed by atoms with E-state index >= 15 is 0 Å². The van der Waals surface area contributed by atoms with Crippen LogP contribution in [0.4, 0.5) is 5.69 Å². The van der Waals surface area contributed by atoms with Crippen molar-refractivity contribution in [2.24, 2.45) is 0 Å². The first kappa shape index (κ1) is 17.5. The van der Waals surface area contributed by atoms with Crippen molar-refractivity contribution in [3.8, 4) is 5.75 Å². The van der Waals surface area contributed by atoms with Crippen molar-refractivity contribution in [2.75, 3.05) is 13.2 Å². The summed E-state index contributed by atoms with van der Waals surface area (Å²) < 4.78 is 5.57. The van der Waals surface area contributed by atoms with Gasteiger partial charge < -0.3 is 10.1 Å². The highest BCUT2D eigenvalue weighted by molar-refractivity contribution is 5.94. The molecule has 0 bridgehead atoms.